The zero-order chi connectivity index (χ0) is 68.3. The number of aromatic amines is 1. The van der Waals surface area contributed by atoms with Gasteiger partial charge >= 0.3 is 11.9 Å². The standard InChI is InChI=1S/C81H64N8O7S4/c1-94-76(93)81(63-48-28-10-29-49-63,64-50-30-11-31-51-64)96-87-68(65-53-98-78(83-65)85-80(60-42-22-7-23-43-60,61-44-24-8-25-45-61)62-46-26-9-27-47-62)72(90)84-69-73(91)89-70(75(92)95-71(55-32-12-2-13-33-55)56-34-14-3-15-35-56)66(54-97-74(69)89)99-77(100-67-52-82-88-86-67)79(57-36-16-4-17-37-57,58-38-18-5-19-39-58)59-40-20-6-21-41-59/h2-53,69,71,74,77H,54H2,1H3,(H,83,85)(H,84,90)(H,82,86,88)/t69-,74+,77?/m1/s1. The molecule has 2 aromatic heterocycles. The molecule has 0 radical (unpaired) electrons. The Bertz CT molecular complexity index is 4550. The van der Waals surface area contributed by atoms with Crippen LogP contribution in [0.2, 0.25) is 0 Å². The number of hydrogen-bond donors (Lipinski definition) is 3. The number of carbonyl (C=O) groups is 4. The summed E-state index contributed by atoms with van der Waals surface area (Å²) in [5.74, 6) is -2.84. The van der Waals surface area contributed by atoms with Gasteiger partial charge in [0.15, 0.2) is 16.9 Å². The number of anilines is 1. The van der Waals surface area contributed by atoms with E-state index in [1.165, 1.54) is 58.6 Å². The van der Waals surface area contributed by atoms with Crippen LogP contribution in [0.4, 0.5) is 5.13 Å². The van der Waals surface area contributed by atoms with Crippen LogP contribution in [-0.2, 0) is 50.0 Å². The van der Waals surface area contributed by atoms with E-state index in [1.54, 1.807) is 60.1 Å². The van der Waals surface area contributed by atoms with Crippen LogP contribution in [0.1, 0.15) is 67.4 Å². The molecule has 1 unspecified atom stereocenters. The van der Waals surface area contributed by atoms with Crippen LogP contribution in [0.25, 0.3) is 0 Å². The molecule has 0 spiro atoms. The van der Waals surface area contributed by atoms with Crippen LogP contribution in [-0.4, -0.2) is 83.6 Å². The number of amides is 2. The maximum atomic E-state index is 16.0. The Labute approximate surface area is 595 Å². The molecule has 494 valence electrons. The highest BCUT2D eigenvalue weighted by molar-refractivity contribution is 8.19. The number of benzene rings is 10. The lowest BCUT2D eigenvalue weighted by atomic mass is 9.70. The predicted molar refractivity (Wildman–Crippen MR) is 394 cm³/mol. The molecule has 2 aliphatic rings. The van der Waals surface area contributed by atoms with Crippen molar-refractivity contribution in [2.75, 3.05) is 18.2 Å². The first-order valence-corrected chi connectivity index (χ1v) is 35.9. The van der Waals surface area contributed by atoms with Crippen molar-refractivity contribution in [3.8, 4) is 0 Å². The number of aromatic nitrogens is 4. The van der Waals surface area contributed by atoms with Gasteiger partial charge in [0.2, 0.25) is 0 Å². The van der Waals surface area contributed by atoms with Gasteiger partial charge in [-0.1, -0.05) is 325 Å². The molecule has 1 fully saturated rings. The number of carbonyl (C=O) groups excluding carboxylic acids is 4. The number of thiazole rings is 1. The summed E-state index contributed by atoms with van der Waals surface area (Å²) in [4.78, 5) is 76.3. The Hall–Kier alpha value is -11.1. The van der Waals surface area contributed by atoms with E-state index >= 15 is 14.4 Å². The number of nitrogens with one attached hydrogen (secondary N) is 3. The lowest BCUT2D eigenvalue weighted by Gasteiger charge is -2.50. The van der Waals surface area contributed by atoms with E-state index in [9.17, 15) is 4.79 Å². The number of fused-ring (bicyclic) bond motifs is 1. The van der Waals surface area contributed by atoms with Crippen molar-refractivity contribution < 1.29 is 33.5 Å². The zero-order valence-corrected chi connectivity index (χ0v) is 57.0. The van der Waals surface area contributed by atoms with Crippen molar-refractivity contribution in [2.45, 2.75) is 43.7 Å². The largest absolute Gasteiger partial charge is 0.465 e. The third-order valence-electron chi connectivity index (χ3n) is 17.7. The second-order valence-corrected chi connectivity index (χ2v) is 28.1. The minimum absolute atomic E-state index is 0.0253. The first kappa shape index (κ1) is 66.2. The minimum Gasteiger partial charge on any atom is -0.465 e. The average Bonchev–Trinajstić information content (AvgIpc) is 0.812. The Morgan fingerprint density at radius 3 is 1.44 bits per heavy atom. The number of thioether (sulfide) groups is 3. The molecule has 2 aliphatic heterocycles. The lowest BCUT2D eigenvalue weighted by Crippen LogP contribution is -2.71. The van der Waals surface area contributed by atoms with Gasteiger partial charge in [0.05, 0.1) is 23.3 Å². The number of oxime groups is 1. The molecular weight excluding hydrogens is 1330 g/mol. The minimum atomic E-state index is -2.07. The summed E-state index contributed by atoms with van der Waals surface area (Å²) in [7, 11) is 1.25. The number of ether oxygens (including phenoxy) is 2. The molecule has 2 amide bonds. The van der Waals surface area contributed by atoms with Crippen LogP contribution in [0.15, 0.2) is 336 Å². The van der Waals surface area contributed by atoms with E-state index in [2.05, 4.69) is 62.4 Å². The van der Waals surface area contributed by atoms with E-state index in [0.29, 0.717) is 37.3 Å². The molecule has 14 rings (SSSR count). The zero-order valence-electron chi connectivity index (χ0n) is 53.8. The Balaban J connectivity index is 0.889. The second-order valence-electron chi connectivity index (χ2n) is 23.5. The highest BCUT2D eigenvalue weighted by Crippen LogP contribution is 2.57. The van der Waals surface area contributed by atoms with Crippen molar-refractivity contribution in [1.29, 1.82) is 0 Å². The normalized spacial score (nSPS) is 15.0. The first-order valence-electron chi connectivity index (χ1n) is 32.2. The van der Waals surface area contributed by atoms with Crippen molar-refractivity contribution in [3.05, 3.63) is 387 Å². The van der Waals surface area contributed by atoms with Gasteiger partial charge in [-0.3, -0.25) is 19.6 Å². The summed E-state index contributed by atoms with van der Waals surface area (Å²) in [6.07, 6.45) is 0.776. The number of rotatable bonds is 25. The fourth-order valence-corrected chi connectivity index (χ4v) is 18.5. The topological polar surface area (TPSA) is 190 Å². The summed E-state index contributed by atoms with van der Waals surface area (Å²) in [6, 6.07) is 96.1. The van der Waals surface area contributed by atoms with Crippen molar-refractivity contribution in [1.82, 2.24) is 30.6 Å². The molecule has 4 heterocycles. The van der Waals surface area contributed by atoms with Gasteiger partial charge in [-0.25, -0.2) is 14.6 Å². The van der Waals surface area contributed by atoms with Crippen LogP contribution < -0.4 is 10.6 Å². The third kappa shape index (κ3) is 12.9. The molecule has 0 bridgehead atoms. The molecule has 3 N–H and O–H groups in total. The summed E-state index contributed by atoms with van der Waals surface area (Å²) in [5.41, 5.74) is 3.44. The third-order valence-corrected chi connectivity index (χ3v) is 22.7. The molecule has 100 heavy (non-hydrogen) atoms. The van der Waals surface area contributed by atoms with E-state index in [-0.39, 0.29) is 22.9 Å². The van der Waals surface area contributed by atoms with Gasteiger partial charge in [-0.15, -0.1) is 40.0 Å². The molecule has 15 nitrogen and oxygen atoms in total. The van der Waals surface area contributed by atoms with Gasteiger partial charge in [-0.2, -0.15) is 0 Å². The quantitative estimate of drug-likeness (QED) is 0.00932. The van der Waals surface area contributed by atoms with E-state index in [1.807, 2.05) is 218 Å². The number of methoxy groups -OCH3 is 1. The first-order chi connectivity index (χ1) is 49.2. The molecule has 0 aliphatic carbocycles. The number of β-lactam (4-membered cyclic amide) rings is 1. The summed E-state index contributed by atoms with van der Waals surface area (Å²) >= 11 is 5.58. The highest BCUT2D eigenvalue weighted by atomic mass is 32.2. The van der Waals surface area contributed by atoms with E-state index in [0.717, 1.165) is 33.4 Å². The summed E-state index contributed by atoms with van der Waals surface area (Å²) in [5, 5.41) is 24.9. The van der Waals surface area contributed by atoms with Crippen LogP contribution in [0.5, 0.6) is 0 Å². The fourth-order valence-electron chi connectivity index (χ4n) is 13.1. The molecule has 3 atom stereocenters. The number of nitrogens with zero attached hydrogens (tertiary/aromatic N) is 5. The second kappa shape index (κ2) is 29.9. The van der Waals surface area contributed by atoms with Gasteiger partial charge in [-0.05, 0) is 44.5 Å². The molecule has 19 heteroatoms. The SMILES string of the molecule is COC(=O)C(ON=C(C(=O)N[C@@H]1C(=O)N2C(C(=O)OC(c3ccccc3)c3ccccc3)=C(SC(Sc3cnn[nH]3)C(c3ccccc3)(c3ccccc3)c3ccccc3)CS[C@@H]12)c1csc(NC(c2ccccc2)(c2ccccc2)c2ccccc2)n1)(c1ccccc1)c1ccccc1. The summed E-state index contributed by atoms with van der Waals surface area (Å²) < 4.78 is 11.8. The maximum Gasteiger partial charge on any atom is 0.362 e. The number of esters is 2. The predicted octanol–water partition coefficient (Wildman–Crippen LogP) is 15.3. The number of hydrogen-bond acceptors (Lipinski definition) is 16. The number of H-pyrrole nitrogens is 1. The highest BCUT2D eigenvalue weighted by Gasteiger charge is 2.57. The smallest absolute Gasteiger partial charge is 0.362 e. The van der Waals surface area contributed by atoms with Crippen molar-refractivity contribution in [2.24, 2.45) is 5.16 Å². The van der Waals surface area contributed by atoms with Gasteiger partial charge in [0.1, 0.15) is 33.4 Å². The van der Waals surface area contributed by atoms with E-state index < -0.39 is 62.4 Å². The van der Waals surface area contributed by atoms with E-state index in [4.69, 9.17) is 24.5 Å². The van der Waals surface area contributed by atoms with Crippen molar-refractivity contribution >= 4 is 81.2 Å². The molecule has 1 saturated heterocycles. The lowest BCUT2D eigenvalue weighted by molar-refractivity contribution is -0.165. The fraction of sp³-hybridized carbons (Fsp3) is 0.111. The molecule has 0 saturated carbocycles. The Morgan fingerprint density at radius 2 is 1.01 bits per heavy atom. The molecular formula is C81H64N8O7S4. The van der Waals surface area contributed by atoms with Crippen LogP contribution >= 0.6 is 46.6 Å². The average molecular weight is 1390 g/mol. The monoisotopic (exact) mass is 1390 g/mol. The summed E-state index contributed by atoms with van der Waals surface area (Å²) in [6.45, 7) is 0. The molecule has 10 aromatic carbocycles. The van der Waals surface area contributed by atoms with Gasteiger partial charge < -0.3 is 24.9 Å². The van der Waals surface area contributed by atoms with Crippen LogP contribution in [0.3, 0.4) is 0 Å². The van der Waals surface area contributed by atoms with Gasteiger partial charge in [0, 0.05) is 27.2 Å². The van der Waals surface area contributed by atoms with Gasteiger partial charge in [0.25, 0.3) is 17.4 Å². The van der Waals surface area contributed by atoms with Crippen molar-refractivity contribution in [3.63, 3.8) is 0 Å². The Morgan fingerprint density at radius 1 is 0.580 bits per heavy atom. The molecule has 12 aromatic rings. The van der Waals surface area contributed by atoms with Crippen LogP contribution in [0, 0.1) is 0 Å². The maximum absolute atomic E-state index is 16.0. The Kier molecular flexibility index (Phi) is 19.8.